The summed E-state index contributed by atoms with van der Waals surface area (Å²) in [5.74, 6) is 1.07. The standard InChI is InChI=1S/C20H24N6O/c1-14(11-21)16-4-2-15(3-5-16)10-20(27)23-18-8-9-26(13-18)19-7-6-17(12-22)24-25-19/h2-7,14,18H,8-11,13,21H2,1H3,(H,23,27)/t14?,18-/m1/s1. The number of hydrogen-bond donors (Lipinski definition) is 2. The topological polar surface area (TPSA) is 108 Å². The lowest BCUT2D eigenvalue weighted by atomic mass is 9.99. The van der Waals surface area contributed by atoms with Gasteiger partial charge in [-0.2, -0.15) is 5.26 Å². The number of rotatable bonds is 6. The third-order valence-corrected chi connectivity index (χ3v) is 4.91. The van der Waals surface area contributed by atoms with Crippen molar-refractivity contribution in [2.45, 2.75) is 31.7 Å². The molecule has 0 aliphatic carbocycles. The zero-order chi connectivity index (χ0) is 19.2. The first-order chi connectivity index (χ1) is 13.1. The van der Waals surface area contributed by atoms with Gasteiger partial charge in [0, 0.05) is 19.1 Å². The van der Waals surface area contributed by atoms with Crippen molar-refractivity contribution < 1.29 is 4.79 Å². The predicted molar refractivity (Wildman–Crippen MR) is 103 cm³/mol. The molecule has 2 atom stereocenters. The van der Waals surface area contributed by atoms with Crippen LogP contribution >= 0.6 is 0 Å². The van der Waals surface area contributed by atoms with Gasteiger partial charge in [0.1, 0.15) is 6.07 Å². The summed E-state index contributed by atoms with van der Waals surface area (Å²) in [6.45, 7) is 4.20. The van der Waals surface area contributed by atoms with Crippen molar-refractivity contribution in [2.24, 2.45) is 5.73 Å². The number of amides is 1. The van der Waals surface area contributed by atoms with Crippen LogP contribution < -0.4 is 16.0 Å². The Morgan fingerprint density at radius 2 is 2.11 bits per heavy atom. The van der Waals surface area contributed by atoms with Crippen LogP contribution in [-0.2, 0) is 11.2 Å². The van der Waals surface area contributed by atoms with Gasteiger partial charge in [-0.3, -0.25) is 4.79 Å². The van der Waals surface area contributed by atoms with E-state index in [0.29, 0.717) is 31.1 Å². The predicted octanol–water partition coefficient (Wildman–Crippen LogP) is 1.35. The maximum absolute atomic E-state index is 12.4. The van der Waals surface area contributed by atoms with Gasteiger partial charge in [-0.25, -0.2) is 0 Å². The van der Waals surface area contributed by atoms with Crippen LogP contribution in [-0.4, -0.2) is 41.8 Å². The molecule has 27 heavy (non-hydrogen) atoms. The number of carbonyl (C=O) groups excluding carboxylic acids is 1. The van der Waals surface area contributed by atoms with Crippen molar-refractivity contribution in [1.29, 1.82) is 5.26 Å². The summed E-state index contributed by atoms with van der Waals surface area (Å²) >= 11 is 0. The van der Waals surface area contributed by atoms with Crippen molar-refractivity contribution in [1.82, 2.24) is 15.5 Å². The monoisotopic (exact) mass is 364 g/mol. The molecular formula is C20H24N6O. The molecule has 7 heteroatoms. The molecule has 7 nitrogen and oxygen atoms in total. The SMILES string of the molecule is CC(CN)c1ccc(CC(=O)N[C@@H]2CCN(c3ccc(C#N)nn3)C2)cc1. The summed E-state index contributed by atoms with van der Waals surface area (Å²) in [6, 6.07) is 13.6. The molecule has 140 valence electrons. The van der Waals surface area contributed by atoms with Crippen LogP contribution in [0, 0.1) is 11.3 Å². The smallest absolute Gasteiger partial charge is 0.224 e. The van der Waals surface area contributed by atoms with E-state index in [2.05, 4.69) is 27.3 Å². The van der Waals surface area contributed by atoms with Crippen LogP contribution in [0.4, 0.5) is 5.82 Å². The molecule has 1 unspecified atom stereocenters. The van der Waals surface area contributed by atoms with Crippen LogP contribution in [0.25, 0.3) is 0 Å². The Kier molecular flexibility index (Phi) is 5.99. The summed E-state index contributed by atoms with van der Waals surface area (Å²) < 4.78 is 0. The summed E-state index contributed by atoms with van der Waals surface area (Å²) in [5, 5.41) is 19.8. The number of nitrogens with two attached hydrogens (primary N) is 1. The summed E-state index contributed by atoms with van der Waals surface area (Å²) in [7, 11) is 0. The zero-order valence-corrected chi connectivity index (χ0v) is 15.4. The molecule has 3 rings (SSSR count). The van der Waals surface area contributed by atoms with E-state index in [1.165, 1.54) is 5.56 Å². The molecule has 1 saturated heterocycles. The maximum Gasteiger partial charge on any atom is 0.224 e. The average molecular weight is 364 g/mol. The van der Waals surface area contributed by atoms with Crippen LogP contribution in [0.1, 0.15) is 36.1 Å². The lowest BCUT2D eigenvalue weighted by molar-refractivity contribution is -0.121. The van der Waals surface area contributed by atoms with E-state index in [9.17, 15) is 4.79 Å². The molecule has 1 aliphatic heterocycles. The molecule has 3 N–H and O–H groups in total. The lowest BCUT2D eigenvalue weighted by Crippen LogP contribution is -2.38. The number of benzene rings is 1. The zero-order valence-electron chi connectivity index (χ0n) is 15.4. The highest BCUT2D eigenvalue weighted by Crippen LogP contribution is 2.18. The van der Waals surface area contributed by atoms with E-state index in [4.69, 9.17) is 11.0 Å². The number of nitrogens with one attached hydrogen (secondary N) is 1. The fourth-order valence-electron chi connectivity index (χ4n) is 3.20. The largest absolute Gasteiger partial charge is 0.353 e. The van der Waals surface area contributed by atoms with Crippen LogP contribution in [0.3, 0.4) is 0 Å². The Balaban J connectivity index is 1.50. The molecule has 0 bridgehead atoms. The van der Waals surface area contributed by atoms with Gasteiger partial charge >= 0.3 is 0 Å². The molecule has 0 saturated carbocycles. The molecule has 0 spiro atoms. The minimum Gasteiger partial charge on any atom is -0.353 e. The minimum atomic E-state index is 0.0207. The van der Waals surface area contributed by atoms with E-state index in [-0.39, 0.29) is 11.9 Å². The molecule has 1 aromatic carbocycles. The third-order valence-electron chi connectivity index (χ3n) is 4.91. The van der Waals surface area contributed by atoms with E-state index in [1.807, 2.05) is 30.3 Å². The first kappa shape index (κ1) is 18.8. The third kappa shape index (κ3) is 4.80. The number of hydrogen-bond acceptors (Lipinski definition) is 6. The maximum atomic E-state index is 12.4. The highest BCUT2D eigenvalue weighted by molar-refractivity contribution is 5.79. The molecule has 2 aromatic rings. The fraction of sp³-hybridized carbons (Fsp3) is 0.400. The second kappa shape index (κ2) is 8.60. The lowest BCUT2D eigenvalue weighted by Gasteiger charge is -2.17. The van der Waals surface area contributed by atoms with Crippen LogP contribution in [0.5, 0.6) is 0 Å². The Hall–Kier alpha value is -2.98. The summed E-state index contributed by atoms with van der Waals surface area (Å²) in [4.78, 5) is 14.4. The number of carbonyl (C=O) groups is 1. The summed E-state index contributed by atoms with van der Waals surface area (Å²) in [6.07, 6.45) is 1.23. The Morgan fingerprint density at radius 3 is 2.74 bits per heavy atom. The van der Waals surface area contributed by atoms with Crippen LogP contribution in [0.15, 0.2) is 36.4 Å². The van der Waals surface area contributed by atoms with Crippen molar-refractivity contribution in [2.75, 3.05) is 24.5 Å². The van der Waals surface area contributed by atoms with Gasteiger partial charge in [-0.1, -0.05) is 31.2 Å². The molecule has 1 aromatic heterocycles. The van der Waals surface area contributed by atoms with Crippen molar-refractivity contribution >= 4 is 11.7 Å². The molecular weight excluding hydrogens is 340 g/mol. The Morgan fingerprint density at radius 1 is 1.33 bits per heavy atom. The number of anilines is 1. The van der Waals surface area contributed by atoms with Gasteiger partial charge in [0.15, 0.2) is 11.5 Å². The molecule has 1 fully saturated rings. The second-order valence-corrected chi connectivity index (χ2v) is 6.94. The van der Waals surface area contributed by atoms with Crippen molar-refractivity contribution in [3.63, 3.8) is 0 Å². The van der Waals surface area contributed by atoms with E-state index in [1.54, 1.807) is 12.1 Å². The molecule has 1 amide bonds. The van der Waals surface area contributed by atoms with Crippen LogP contribution in [0.2, 0.25) is 0 Å². The minimum absolute atomic E-state index is 0.0207. The highest BCUT2D eigenvalue weighted by atomic mass is 16.1. The number of aromatic nitrogens is 2. The quantitative estimate of drug-likeness (QED) is 0.801. The van der Waals surface area contributed by atoms with Gasteiger partial charge < -0.3 is 16.0 Å². The fourth-order valence-corrected chi connectivity index (χ4v) is 3.20. The summed E-state index contributed by atoms with van der Waals surface area (Å²) in [5.41, 5.74) is 8.18. The Labute approximate surface area is 159 Å². The number of nitrogens with zero attached hydrogens (tertiary/aromatic N) is 4. The molecule has 0 radical (unpaired) electrons. The van der Waals surface area contributed by atoms with E-state index in [0.717, 1.165) is 24.3 Å². The van der Waals surface area contributed by atoms with Crippen molar-refractivity contribution in [3.05, 3.63) is 53.2 Å². The van der Waals surface area contributed by atoms with E-state index < -0.39 is 0 Å². The second-order valence-electron chi connectivity index (χ2n) is 6.94. The molecule has 2 heterocycles. The van der Waals surface area contributed by atoms with Gasteiger partial charge in [0.05, 0.1) is 6.42 Å². The van der Waals surface area contributed by atoms with Gasteiger partial charge in [-0.05, 0) is 42.1 Å². The number of nitriles is 1. The van der Waals surface area contributed by atoms with Gasteiger partial charge in [0.25, 0.3) is 0 Å². The molecule has 1 aliphatic rings. The normalized spacial score (nSPS) is 17.4. The average Bonchev–Trinajstić information content (AvgIpc) is 3.16. The first-order valence-electron chi connectivity index (χ1n) is 9.16. The Bertz CT molecular complexity index is 812. The first-order valence-corrected chi connectivity index (χ1v) is 9.16. The highest BCUT2D eigenvalue weighted by Gasteiger charge is 2.25. The van der Waals surface area contributed by atoms with E-state index >= 15 is 0 Å². The van der Waals surface area contributed by atoms with Crippen molar-refractivity contribution in [3.8, 4) is 6.07 Å². The van der Waals surface area contributed by atoms with Gasteiger partial charge in [-0.15, -0.1) is 10.2 Å². The van der Waals surface area contributed by atoms with Gasteiger partial charge in [0.2, 0.25) is 5.91 Å².